The van der Waals surface area contributed by atoms with E-state index in [2.05, 4.69) is 19.9 Å². The van der Waals surface area contributed by atoms with Crippen LogP contribution in [0.4, 0.5) is 0 Å². The molecular formula is C14H25N. The molecule has 86 valence electrons. The summed E-state index contributed by atoms with van der Waals surface area (Å²) in [6, 6.07) is 2.61. The van der Waals surface area contributed by atoms with Gasteiger partial charge in [0.25, 0.3) is 0 Å². The fraction of sp³-hybridized carbons (Fsp3) is 0.929. The molecule has 1 saturated carbocycles. The van der Waals surface area contributed by atoms with Crippen LogP contribution in [0.3, 0.4) is 0 Å². The summed E-state index contributed by atoms with van der Waals surface area (Å²) in [5.41, 5.74) is 0.0558. The van der Waals surface area contributed by atoms with E-state index in [-0.39, 0.29) is 5.41 Å². The highest BCUT2D eigenvalue weighted by Gasteiger charge is 2.33. The zero-order valence-corrected chi connectivity index (χ0v) is 10.4. The van der Waals surface area contributed by atoms with E-state index in [1.54, 1.807) is 0 Å². The molecule has 0 radical (unpaired) electrons. The van der Waals surface area contributed by atoms with Gasteiger partial charge in [0.2, 0.25) is 0 Å². The molecule has 0 aliphatic heterocycles. The van der Waals surface area contributed by atoms with Gasteiger partial charge in [-0.1, -0.05) is 39.5 Å². The van der Waals surface area contributed by atoms with Gasteiger partial charge in [0.1, 0.15) is 0 Å². The Kier molecular flexibility index (Phi) is 5.15. The predicted octanol–water partition coefficient (Wildman–Crippen LogP) is 4.68. The number of unbranched alkanes of at least 4 members (excludes halogenated alkanes) is 3. The van der Waals surface area contributed by atoms with Crippen molar-refractivity contribution in [2.45, 2.75) is 71.6 Å². The molecule has 0 aromatic heterocycles. The van der Waals surface area contributed by atoms with E-state index < -0.39 is 0 Å². The van der Waals surface area contributed by atoms with Gasteiger partial charge >= 0.3 is 0 Å². The second kappa shape index (κ2) is 6.16. The first-order valence-electron chi connectivity index (χ1n) is 6.64. The summed E-state index contributed by atoms with van der Waals surface area (Å²) in [5.74, 6) is 0.849. The molecule has 1 fully saturated rings. The molecule has 0 heterocycles. The fourth-order valence-corrected chi connectivity index (χ4v) is 2.62. The van der Waals surface area contributed by atoms with Gasteiger partial charge in [-0.25, -0.2) is 0 Å². The Morgan fingerprint density at radius 2 is 1.87 bits per heavy atom. The highest BCUT2D eigenvalue weighted by atomic mass is 14.4. The van der Waals surface area contributed by atoms with Crippen LogP contribution in [0.25, 0.3) is 0 Å². The third kappa shape index (κ3) is 3.86. The van der Waals surface area contributed by atoms with Crippen molar-refractivity contribution >= 4 is 0 Å². The van der Waals surface area contributed by atoms with Gasteiger partial charge < -0.3 is 0 Å². The lowest BCUT2D eigenvalue weighted by Crippen LogP contribution is -2.25. The van der Waals surface area contributed by atoms with Crippen molar-refractivity contribution in [1.29, 1.82) is 5.26 Å². The fourth-order valence-electron chi connectivity index (χ4n) is 2.62. The van der Waals surface area contributed by atoms with Crippen molar-refractivity contribution in [2.75, 3.05) is 0 Å². The molecule has 1 aliphatic rings. The van der Waals surface area contributed by atoms with Crippen molar-refractivity contribution in [3.05, 3.63) is 0 Å². The SMILES string of the molecule is CCCCCCC1(C#N)CCC(C)CC1. The van der Waals surface area contributed by atoms with Crippen LogP contribution in [0.2, 0.25) is 0 Å². The first-order chi connectivity index (χ1) is 7.22. The summed E-state index contributed by atoms with van der Waals surface area (Å²) in [4.78, 5) is 0. The Hall–Kier alpha value is -0.510. The van der Waals surface area contributed by atoms with E-state index in [1.165, 1.54) is 38.5 Å². The zero-order chi connectivity index (χ0) is 11.1. The second-order valence-electron chi connectivity index (χ2n) is 5.39. The lowest BCUT2D eigenvalue weighted by Gasteiger charge is -2.33. The highest BCUT2D eigenvalue weighted by molar-refractivity contribution is 5.01. The van der Waals surface area contributed by atoms with Crippen LogP contribution in [0.15, 0.2) is 0 Å². The van der Waals surface area contributed by atoms with E-state index in [0.717, 1.165) is 25.2 Å². The van der Waals surface area contributed by atoms with Crippen molar-refractivity contribution in [3.8, 4) is 6.07 Å². The average Bonchev–Trinajstić information content (AvgIpc) is 2.28. The normalized spacial score (nSPS) is 31.1. The molecule has 1 heteroatoms. The number of hydrogen-bond acceptors (Lipinski definition) is 1. The van der Waals surface area contributed by atoms with Crippen molar-refractivity contribution in [2.24, 2.45) is 11.3 Å². The molecule has 0 unspecified atom stereocenters. The number of hydrogen-bond donors (Lipinski definition) is 0. The minimum Gasteiger partial charge on any atom is -0.198 e. The molecule has 0 saturated heterocycles. The van der Waals surface area contributed by atoms with Crippen molar-refractivity contribution in [3.63, 3.8) is 0 Å². The van der Waals surface area contributed by atoms with Crippen LogP contribution in [0.1, 0.15) is 71.6 Å². The first-order valence-corrected chi connectivity index (χ1v) is 6.64. The molecule has 0 bridgehead atoms. The summed E-state index contributed by atoms with van der Waals surface area (Å²) >= 11 is 0. The summed E-state index contributed by atoms with van der Waals surface area (Å²) in [6.45, 7) is 4.56. The molecule has 15 heavy (non-hydrogen) atoms. The van der Waals surface area contributed by atoms with Crippen LogP contribution in [0, 0.1) is 22.7 Å². The summed E-state index contributed by atoms with van der Waals surface area (Å²) < 4.78 is 0. The minimum atomic E-state index is 0.0558. The molecule has 1 nitrogen and oxygen atoms in total. The third-order valence-electron chi connectivity index (χ3n) is 3.98. The smallest absolute Gasteiger partial charge is 0.0689 e. The van der Waals surface area contributed by atoms with Crippen LogP contribution >= 0.6 is 0 Å². The maximum absolute atomic E-state index is 9.33. The van der Waals surface area contributed by atoms with Crippen molar-refractivity contribution < 1.29 is 0 Å². The Balaban J connectivity index is 2.31. The van der Waals surface area contributed by atoms with Crippen LogP contribution in [-0.2, 0) is 0 Å². The van der Waals surface area contributed by atoms with Crippen molar-refractivity contribution in [1.82, 2.24) is 0 Å². The number of rotatable bonds is 5. The largest absolute Gasteiger partial charge is 0.198 e. The molecule has 1 aliphatic carbocycles. The summed E-state index contributed by atoms with van der Waals surface area (Å²) in [7, 11) is 0. The van der Waals surface area contributed by atoms with Crippen LogP contribution < -0.4 is 0 Å². The second-order valence-corrected chi connectivity index (χ2v) is 5.39. The van der Waals surface area contributed by atoms with Gasteiger partial charge in [-0.2, -0.15) is 5.26 Å². The Bertz CT molecular complexity index is 206. The molecule has 0 aromatic rings. The lowest BCUT2D eigenvalue weighted by atomic mass is 9.69. The zero-order valence-electron chi connectivity index (χ0n) is 10.4. The maximum atomic E-state index is 9.33. The predicted molar refractivity (Wildman–Crippen MR) is 64.4 cm³/mol. The van der Waals surface area contributed by atoms with Gasteiger partial charge in [0, 0.05) is 0 Å². The third-order valence-corrected chi connectivity index (χ3v) is 3.98. The van der Waals surface area contributed by atoms with E-state index in [0.29, 0.717) is 0 Å². The molecule has 1 rings (SSSR count). The Morgan fingerprint density at radius 1 is 1.20 bits per heavy atom. The lowest BCUT2D eigenvalue weighted by molar-refractivity contribution is 0.201. The number of nitrogens with zero attached hydrogens (tertiary/aromatic N) is 1. The molecule has 0 spiro atoms. The Morgan fingerprint density at radius 3 is 2.40 bits per heavy atom. The van der Waals surface area contributed by atoms with E-state index in [1.807, 2.05) is 0 Å². The number of nitriles is 1. The molecule has 0 aromatic carbocycles. The average molecular weight is 207 g/mol. The quantitative estimate of drug-likeness (QED) is 0.601. The molecule has 0 amide bonds. The van der Waals surface area contributed by atoms with E-state index >= 15 is 0 Å². The van der Waals surface area contributed by atoms with E-state index in [4.69, 9.17) is 0 Å². The monoisotopic (exact) mass is 207 g/mol. The minimum absolute atomic E-state index is 0.0558. The van der Waals surface area contributed by atoms with Gasteiger partial charge in [-0.3, -0.25) is 0 Å². The molecule has 0 atom stereocenters. The van der Waals surface area contributed by atoms with Gasteiger partial charge in [-0.05, 0) is 38.0 Å². The van der Waals surface area contributed by atoms with E-state index in [9.17, 15) is 5.26 Å². The first kappa shape index (κ1) is 12.6. The van der Waals surface area contributed by atoms with Gasteiger partial charge in [0.05, 0.1) is 11.5 Å². The standard InChI is InChI=1S/C14H25N/c1-3-4-5-6-9-14(12-15)10-7-13(2)8-11-14/h13H,3-11H2,1-2H3. The Labute approximate surface area is 94.9 Å². The van der Waals surface area contributed by atoms with Crippen LogP contribution in [-0.4, -0.2) is 0 Å². The molecule has 0 N–H and O–H groups in total. The topological polar surface area (TPSA) is 23.8 Å². The van der Waals surface area contributed by atoms with Crippen LogP contribution in [0.5, 0.6) is 0 Å². The summed E-state index contributed by atoms with van der Waals surface area (Å²) in [6.07, 6.45) is 11.2. The maximum Gasteiger partial charge on any atom is 0.0689 e. The van der Waals surface area contributed by atoms with Gasteiger partial charge in [-0.15, -0.1) is 0 Å². The highest BCUT2D eigenvalue weighted by Crippen LogP contribution is 2.42. The van der Waals surface area contributed by atoms with Gasteiger partial charge in [0.15, 0.2) is 0 Å². The molecular weight excluding hydrogens is 182 g/mol. The summed E-state index contributed by atoms with van der Waals surface area (Å²) in [5, 5.41) is 9.33.